The quantitative estimate of drug-likeness (QED) is 0.192. The van der Waals surface area contributed by atoms with Crippen LogP contribution in [0.5, 0.6) is 0 Å². The lowest BCUT2D eigenvalue weighted by Crippen LogP contribution is -2.14. The maximum absolute atomic E-state index is 6.67. The molecule has 0 fully saturated rings. The van der Waals surface area contributed by atoms with Crippen molar-refractivity contribution in [1.82, 2.24) is 14.5 Å². The SMILES string of the molecule is CC1(C)c2ccccc2-c2cc(-c3nc(-n4c5cc6ccccc6cc5c5c6ccccc6ccc54)c4oc5ccccc5c4n3)ccc21. The number of benzene rings is 7. The molecule has 0 saturated heterocycles. The van der Waals surface area contributed by atoms with Crippen molar-refractivity contribution in [3.8, 4) is 28.3 Å². The van der Waals surface area contributed by atoms with E-state index in [9.17, 15) is 0 Å². The Morgan fingerprint density at radius 2 is 1.27 bits per heavy atom. The van der Waals surface area contributed by atoms with Gasteiger partial charge in [0.15, 0.2) is 17.2 Å². The molecule has 0 radical (unpaired) electrons. The first kappa shape index (κ1) is 26.8. The largest absolute Gasteiger partial charge is 0.450 e. The van der Waals surface area contributed by atoms with Crippen molar-refractivity contribution in [2.75, 3.05) is 0 Å². The normalized spacial score (nSPS) is 13.7. The first-order chi connectivity index (χ1) is 24.0. The Kier molecular flexibility index (Phi) is 5.15. The molecule has 0 amide bonds. The van der Waals surface area contributed by atoms with E-state index >= 15 is 0 Å². The highest BCUT2D eigenvalue weighted by atomic mass is 16.3. The molecule has 4 nitrogen and oxygen atoms in total. The van der Waals surface area contributed by atoms with Gasteiger partial charge in [0.25, 0.3) is 0 Å². The van der Waals surface area contributed by atoms with Gasteiger partial charge in [0.05, 0.1) is 11.0 Å². The zero-order chi connectivity index (χ0) is 32.4. The second-order valence-corrected chi connectivity index (χ2v) is 13.8. The molecule has 10 aromatic rings. The van der Waals surface area contributed by atoms with Crippen molar-refractivity contribution in [2.24, 2.45) is 0 Å². The molecule has 0 atom stereocenters. The van der Waals surface area contributed by atoms with E-state index in [0.717, 1.165) is 38.9 Å². The number of furan rings is 1. The summed E-state index contributed by atoms with van der Waals surface area (Å²) in [5.74, 6) is 1.42. The lowest BCUT2D eigenvalue weighted by molar-refractivity contribution is 0.660. The Bertz CT molecular complexity index is 3030. The van der Waals surface area contributed by atoms with Gasteiger partial charge < -0.3 is 4.42 Å². The number of rotatable bonds is 2. The van der Waals surface area contributed by atoms with E-state index in [0.29, 0.717) is 11.4 Å². The number of hydrogen-bond acceptors (Lipinski definition) is 3. The van der Waals surface area contributed by atoms with Crippen LogP contribution in [0.1, 0.15) is 25.0 Å². The lowest BCUT2D eigenvalue weighted by atomic mass is 9.82. The van der Waals surface area contributed by atoms with E-state index in [1.165, 1.54) is 54.6 Å². The molecule has 0 N–H and O–H groups in total. The molecule has 1 aliphatic carbocycles. The van der Waals surface area contributed by atoms with Crippen molar-refractivity contribution in [3.63, 3.8) is 0 Å². The summed E-state index contributed by atoms with van der Waals surface area (Å²) in [6.07, 6.45) is 0. The fourth-order valence-corrected chi connectivity index (χ4v) is 8.42. The molecule has 0 aliphatic heterocycles. The molecule has 0 saturated carbocycles. The van der Waals surface area contributed by atoms with Crippen LogP contribution in [0.2, 0.25) is 0 Å². The van der Waals surface area contributed by atoms with E-state index in [1.54, 1.807) is 0 Å². The fraction of sp³-hybridized carbons (Fsp3) is 0.0667. The van der Waals surface area contributed by atoms with Gasteiger partial charge in [-0.05, 0) is 80.2 Å². The van der Waals surface area contributed by atoms with Crippen LogP contribution in [-0.2, 0) is 5.41 Å². The fourth-order valence-electron chi connectivity index (χ4n) is 8.42. The molecule has 49 heavy (non-hydrogen) atoms. The number of hydrogen-bond donors (Lipinski definition) is 0. The van der Waals surface area contributed by atoms with Crippen LogP contribution < -0.4 is 0 Å². The molecule has 230 valence electrons. The molecule has 0 unspecified atom stereocenters. The van der Waals surface area contributed by atoms with Gasteiger partial charge in [0.2, 0.25) is 0 Å². The molecule has 3 aromatic heterocycles. The molecule has 7 aromatic carbocycles. The van der Waals surface area contributed by atoms with Gasteiger partial charge >= 0.3 is 0 Å². The number of fused-ring (bicyclic) bond motifs is 12. The molecular formula is C45H29N3O. The zero-order valence-electron chi connectivity index (χ0n) is 27.0. The topological polar surface area (TPSA) is 43.9 Å². The number of aromatic nitrogens is 3. The average Bonchev–Trinajstić information content (AvgIpc) is 3.76. The second-order valence-electron chi connectivity index (χ2n) is 13.8. The molecule has 0 bridgehead atoms. The van der Waals surface area contributed by atoms with Crippen molar-refractivity contribution < 1.29 is 4.42 Å². The predicted octanol–water partition coefficient (Wildman–Crippen LogP) is 11.8. The highest BCUT2D eigenvalue weighted by molar-refractivity contribution is 6.23. The Hall–Kier alpha value is -6.26. The molecular weight excluding hydrogens is 599 g/mol. The lowest BCUT2D eigenvalue weighted by Gasteiger charge is -2.21. The first-order valence-corrected chi connectivity index (χ1v) is 16.8. The van der Waals surface area contributed by atoms with Crippen molar-refractivity contribution >= 4 is 65.4 Å². The average molecular weight is 628 g/mol. The highest BCUT2D eigenvalue weighted by Gasteiger charge is 2.35. The van der Waals surface area contributed by atoms with Crippen LogP contribution in [0.25, 0.3) is 93.8 Å². The summed E-state index contributed by atoms with van der Waals surface area (Å²) in [5, 5.41) is 8.19. The van der Waals surface area contributed by atoms with Crippen LogP contribution >= 0.6 is 0 Å². The molecule has 11 rings (SSSR count). The van der Waals surface area contributed by atoms with Gasteiger partial charge in [0.1, 0.15) is 11.1 Å². The summed E-state index contributed by atoms with van der Waals surface area (Å²) in [6.45, 7) is 4.62. The van der Waals surface area contributed by atoms with Gasteiger partial charge in [-0.2, -0.15) is 0 Å². The van der Waals surface area contributed by atoms with Gasteiger partial charge in [-0.15, -0.1) is 0 Å². The van der Waals surface area contributed by atoms with Crippen molar-refractivity contribution in [2.45, 2.75) is 19.3 Å². The van der Waals surface area contributed by atoms with Crippen LogP contribution in [-0.4, -0.2) is 14.5 Å². The maximum Gasteiger partial charge on any atom is 0.197 e. The third kappa shape index (κ3) is 3.58. The smallest absolute Gasteiger partial charge is 0.197 e. The van der Waals surface area contributed by atoms with E-state index in [2.05, 4.69) is 140 Å². The molecule has 3 heterocycles. The Morgan fingerprint density at radius 3 is 2.14 bits per heavy atom. The van der Waals surface area contributed by atoms with E-state index < -0.39 is 0 Å². The van der Waals surface area contributed by atoms with Crippen LogP contribution in [0.3, 0.4) is 0 Å². The first-order valence-electron chi connectivity index (χ1n) is 16.8. The van der Waals surface area contributed by atoms with Gasteiger partial charge in [0, 0.05) is 27.1 Å². The monoisotopic (exact) mass is 627 g/mol. The summed E-state index contributed by atoms with van der Waals surface area (Å²) >= 11 is 0. The van der Waals surface area contributed by atoms with E-state index in [-0.39, 0.29) is 5.41 Å². The van der Waals surface area contributed by atoms with Crippen LogP contribution in [0, 0.1) is 0 Å². The van der Waals surface area contributed by atoms with Crippen molar-refractivity contribution in [3.05, 3.63) is 151 Å². The molecule has 4 heteroatoms. The zero-order valence-corrected chi connectivity index (χ0v) is 27.0. The molecule has 0 spiro atoms. The van der Waals surface area contributed by atoms with Crippen LogP contribution in [0.15, 0.2) is 144 Å². The minimum atomic E-state index is -0.0737. The van der Waals surface area contributed by atoms with E-state index in [1.807, 2.05) is 18.2 Å². The Labute approximate surface area is 281 Å². The summed E-state index contributed by atoms with van der Waals surface area (Å²) in [6, 6.07) is 49.9. The minimum absolute atomic E-state index is 0.0737. The minimum Gasteiger partial charge on any atom is -0.450 e. The number of para-hydroxylation sites is 1. The summed E-state index contributed by atoms with van der Waals surface area (Å²) in [4.78, 5) is 10.7. The molecule has 1 aliphatic rings. The third-order valence-corrected chi connectivity index (χ3v) is 10.8. The maximum atomic E-state index is 6.67. The predicted molar refractivity (Wildman–Crippen MR) is 202 cm³/mol. The standard InChI is InChI=1S/C45H29N3O/c1-45(2)35-17-9-7-15-31(35)33-24-29(19-21-36(33)45)43-46-41-32-16-8-10-18-39(32)49-42(41)44(47-43)48-37-22-20-26-11-5-6-14-30(26)40(37)34-23-27-12-3-4-13-28(27)25-38(34)48/h3-25H,1-2H3. The van der Waals surface area contributed by atoms with Gasteiger partial charge in [-0.1, -0.05) is 117 Å². The Balaban J connectivity index is 1.28. The highest BCUT2D eigenvalue weighted by Crippen LogP contribution is 2.49. The summed E-state index contributed by atoms with van der Waals surface area (Å²) in [5.41, 5.74) is 10.6. The summed E-state index contributed by atoms with van der Waals surface area (Å²) < 4.78 is 8.97. The number of nitrogens with zero attached hydrogens (tertiary/aromatic N) is 3. The second kappa shape index (κ2) is 9.42. The summed E-state index contributed by atoms with van der Waals surface area (Å²) in [7, 11) is 0. The van der Waals surface area contributed by atoms with Gasteiger partial charge in [-0.25, -0.2) is 9.97 Å². The third-order valence-electron chi connectivity index (χ3n) is 10.8. The van der Waals surface area contributed by atoms with Crippen molar-refractivity contribution in [1.29, 1.82) is 0 Å². The van der Waals surface area contributed by atoms with E-state index in [4.69, 9.17) is 14.4 Å². The van der Waals surface area contributed by atoms with Gasteiger partial charge in [-0.3, -0.25) is 4.57 Å². The Morgan fingerprint density at radius 1 is 0.551 bits per heavy atom. The van der Waals surface area contributed by atoms with Crippen LogP contribution in [0.4, 0.5) is 0 Å².